The maximum Gasteiger partial charge on any atom is 0.153 e. The van der Waals surface area contributed by atoms with Crippen molar-refractivity contribution in [3.05, 3.63) is 11.6 Å². The topological polar surface area (TPSA) is 56.7 Å². The number of hydrogen-bond donors (Lipinski definition) is 1. The van der Waals surface area contributed by atoms with Crippen molar-refractivity contribution in [1.29, 1.82) is 0 Å². The fourth-order valence-electron chi connectivity index (χ4n) is 5.44. The van der Waals surface area contributed by atoms with Crippen LogP contribution in [-0.4, -0.2) is 14.8 Å². The minimum Gasteiger partial charge on any atom is -0.324 e. The molecule has 4 heteroatoms. The standard InChI is InChI=1S/C16H26N4/c1-10(2)15-18-14(9-17)20(19-15)16-6-11-3-12(7-16)5-13(4-11)8-16/h10-13H,3-9,17H2,1-2H3. The van der Waals surface area contributed by atoms with Crippen LogP contribution in [0.15, 0.2) is 0 Å². The molecule has 4 fully saturated rings. The Hall–Kier alpha value is -0.900. The first kappa shape index (κ1) is 12.8. The van der Waals surface area contributed by atoms with Gasteiger partial charge >= 0.3 is 0 Å². The van der Waals surface area contributed by atoms with Gasteiger partial charge in [-0.3, -0.25) is 0 Å². The maximum atomic E-state index is 5.96. The summed E-state index contributed by atoms with van der Waals surface area (Å²) in [6.45, 7) is 4.85. The van der Waals surface area contributed by atoms with E-state index in [2.05, 4.69) is 18.5 Å². The van der Waals surface area contributed by atoms with Gasteiger partial charge in [-0.15, -0.1) is 0 Å². The summed E-state index contributed by atoms with van der Waals surface area (Å²) in [7, 11) is 0. The predicted octanol–water partition coefficient (Wildman–Crippen LogP) is 2.79. The van der Waals surface area contributed by atoms with Crippen LogP contribution in [0.4, 0.5) is 0 Å². The van der Waals surface area contributed by atoms with Gasteiger partial charge in [-0.1, -0.05) is 13.8 Å². The molecule has 5 rings (SSSR count). The molecule has 20 heavy (non-hydrogen) atoms. The molecule has 4 nitrogen and oxygen atoms in total. The van der Waals surface area contributed by atoms with Crippen molar-refractivity contribution in [2.75, 3.05) is 0 Å². The highest BCUT2D eigenvalue weighted by Crippen LogP contribution is 2.58. The maximum absolute atomic E-state index is 5.96. The molecule has 4 aliphatic rings. The van der Waals surface area contributed by atoms with Crippen LogP contribution in [0.5, 0.6) is 0 Å². The van der Waals surface area contributed by atoms with Crippen molar-refractivity contribution < 1.29 is 0 Å². The lowest BCUT2D eigenvalue weighted by molar-refractivity contribution is -0.0511. The Morgan fingerprint density at radius 1 is 1.15 bits per heavy atom. The summed E-state index contributed by atoms with van der Waals surface area (Å²) >= 11 is 0. The monoisotopic (exact) mass is 274 g/mol. The van der Waals surface area contributed by atoms with Crippen molar-refractivity contribution in [2.45, 2.75) is 70.4 Å². The molecule has 2 N–H and O–H groups in total. The van der Waals surface area contributed by atoms with E-state index >= 15 is 0 Å². The SMILES string of the molecule is CC(C)c1nc(CN)n(C23CC4CC(CC(C4)C2)C3)n1. The van der Waals surface area contributed by atoms with E-state index in [9.17, 15) is 0 Å². The minimum absolute atomic E-state index is 0.254. The molecule has 4 aliphatic carbocycles. The minimum atomic E-state index is 0.254. The molecule has 4 saturated carbocycles. The first-order valence-electron chi connectivity index (χ1n) is 8.26. The second-order valence-electron chi connectivity index (χ2n) is 7.80. The summed E-state index contributed by atoms with van der Waals surface area (Å²) in [5, 5.41) is 4.90. The molecular weight excluding hydrogens is 248 g/mol. The molecule has 0 amide bonds. The van der Waals surface area contributed by atoms with Crippen LogP contribution >= 0.6 is 0 Å². The first-order valence-corrected chi connectivity index (χ1v) is 8.26. The lowest BCUT2D eigenvalue weighted by Gasteiger charge is -2.56. The molecule has 0 unspecified atom stereocenters. The molecular formula is C16H26N4. The molecule has 1 aromatic rings. The zero-order valence-corrected chi connectivity index (χ0v) is 12.7. The molecule has 0 spiro atoms. The van der Waals surface area contributed by atoms with E-state index in [1.807, 2.05) is 0 Å². The number of hydrogen-bond acceptors (Lipinski definition) is 3. The lowest BCUT2D eigenvalue weighted by Crippen LogP contribution is -2.52. The van der Waals surface area contributed by atoms with E-state index in [1.54, 1.807) is 0 Å². The Labute approximate surface area is 121 Å². The molecule has 1 aromatic heterocycles. The van der Waals surface area contributed by atoms with Gasteiger partial charge in [0.05, 0.1) is 12.1 Å². The Kier molecular flexibility index (Phi) is 2.75. The van der Waals surface area contributed by atoms with Gasteiger partial charge in [-0.25, -0.2) is 9.67 Å². The van der Waals surface area contributed by atoms with Crippen LogP contribution in [-0.2, 0) is 12.1 Å². The van der Waals surface area contributed by atoms with E-state index < -0.39 is 0 Å². The number of nitrogens with zero attached hydrogens (tertiary/aromatic N) is 3. The van der Waals surface area contributed by atoms with Crippen LogP contribution in [0.25, 0.3) is 0 Å². The summed E-state index contributed by atoms with van der Waals surface area (Å²) in [4.78, 5) is 4.71. The highest BCUT2D eigenvalue weighted by molar-refractivity contribution is 5.09. The molecule has 0 aliphatic heterocycles. The second kappa shape index (κ2) is 4.30. The Morgan fingerprint density at radius 2 is 1.70 bits per heavy atom. The normalized spacial score (nSPS) is 38.9. The Balaban J connectivity index is 1.76. The molecule has 1 heterocycles. The van der Waals surface area contributed by atoms with Gasteiger partial charge in [0.25, 0.3) is 0 Å². The van der Waals surface area contributed by atoms with Crippen molar-refractivity contribution in [1.82, 2.24) is 14.8 Å². The third kappa shape index (κ3) is 1.77. The first-order chi connectivity index (χ1) is 9.59. The van der Waals surface area contributed by atoms with Crippen LogP contribution in [0.2, 0.25) is 0 Å². The number of rotatable bonds is 3. The van der Waals surface area contributed by atoms with Gasteiger partial charge in [0.2, 0.25) is 0 Å². The van der Waals surface area contributed by atoms with Crippen LogP contribution < -0.4 is 5.73 Å². The smallest absolute Gasteiger partial charge is 0.153 e. The number of aromatic nitrogens is 3. The van der Waals surface area contributed by atoms with Gasteiger partial charge in [0, 0.05) is 5.92 Å². The predicted molar refractivity (Wildman–Crippen MR) is 78.1 cm³/mol. The summed E-state index contributed by atoms with van der Waals surface area (Å²) in [6.07, 6.45) is 8.32. The van der Waals surface area contributed by atoms with Crippen molar-refractivity contribution in [3.8, 4) is 0 Å². The molecule has 0 saturated heterocycles. The van der Waals surface area contributed by atoms with Gasteiger partial charge < -0.3 is 5.73 Å². The average Bonchev–Trinajstić information content (AvgIpc) is 2.82. The highest BCUT2D eigenvalue weighted by atomic mass is 15.4. The Bertz CT molecular complexity index is 481. The van der Waals surface area contributed by atoms with Crippen molar-refractivity contribution >= 4 is 0 Å². The van der Waals surface area contributed by atoms with E-state index in [0.29, 0.717) is 12.5 Å². The Morgan fingerprint density at radius 3 is 2.15 bits per heavy atom. The molecule has 4 bridgehead atoms. The summed E-state index contributed by atoms with van der Waals surface area (Å²) in [6, 6.07) is 0. The van der Waals surface area contributed by atoms with E-state index in [0.717, 1.165) is 29.4 Å². The van der Waals surface area contributed by atoms with Crippen molar-refractivity contribution in [2.24, 2.45) is 23.5 Å². The quantitative estimate of drug-likeness (QED) is 0.922. The average molecular weight is 274 g/mol. The molecule has 0 radical (unpaired) electrons. The number of nitrogens with two attached hydrogens (primary N) is 1. The van der Waals surface area contributed by atoms with Gasteiger partial charge in [-0.2, -0.15) is 5.10 Å². The summed E-state index contributed by atoms with van der Waals surface area (Å²) in [5.41, 5.74) is 6.21. The second-order valence-corrected chi connectivity index (χ2v) is 7.80. The third-order valence-corrected chi connectivity index (χ3v) is 5.84. The van der Waals surface area contributed by atoms with Gasteiger partial charge in [0.15, 0.2) is 5.82 Å². The fourth-order valence-corrected chi connectivity index (χ4v) is 5.44. The van der Waals surface area contributed by atoms with Gasteiger partial charge in [-0.05, 0) is 56.3 Å². The van der Waals surface area contributed by atoms with Crippen LogP contribution in [0.1, 0.15) is 69.9 Å². The summed E-state index contributed by atoms with van der Waals surface area (Å²) in [5.74, 6) is 5.16. The van der Waals surface area contributed by atoms with Gasteiger partial charge in [0.1, 0.15) is 5.82 Å². The zero-order valence-electron chi connectivity index (χ0n) is 12.7. The van der Waals surface area contributed by atoms with Crippen LogP contribution in [0.3, 0.4) is 0 Å². The lowest BCUT2D eigenvalue weighted by atomic mass is 9.53. The fraction of sp³-hybridized carbons (Fsp3) is 0.875. The molecule has 0 atom stereocenters. The third-order valence-electron chi connectivity index (χ3n) is 5.84. The zero-order chi connectivity index (χ0) is 13.9. The molecule has 110 valence electrons. The van der Waals surface area contributed by atoms with E-state index in [-0.39, 0.29) is 5.54 Å². The molecule has 0 aromatic carbocycles. The van der Waals surface area contributed by atoms with E-state index in [1.165, 1.54) is 38.5 Å². The van der Waals surface area contributed by atoms with Crippen molar-refractivity contribution in [3.63, 3.8) is 0 Å². The largest absolute Gasteiger partial charge is 0.324 e. The van der Waals surface area contributed by atoms with Crippen LogP contribution in [0, 0.1) is 17.8 Å². The summed E-state index contributed by atoms with van der Waals surface area (Å²) < 4.78 is 2.27. The van der Waals surface area contributed by atoms with E-state index in [4.69, 9.17) is 15.8 Å². The highest BCUT2D eigenvalue weighted by Gasteiger charge is 2.53.